The molecule has 0 saturated carbocycles. The van der Waals surface area contributed by atoms with Crippen molar-refractivity contribution in [3.8, 4) is 11.6 Å². The summed E-state index contributed by atoms with van der Waals surface area (Å²) < 4.78 is 10.3. The van der Waals surface area contributed by atoms with Crippen molar-refractivity contribution in [2.75, 3.05) is 20.3 Å². The predicted molar refractivity (Wildman–Crippen MR) is 121 cm³/mol. The maximum absolute atomic E-state index is 11.5. The summed E-state index contributed by atoms with van der Waals surface area (Å²) in [4.78, 5) is 15.6. The number of aliphatic hydroxyl groups excluding tert-OH is 2. The van der Waals surface area contributed by atoms with Gasteiger partial charge < -0.3 is 25.0 Å². The van der Waals surface area contributed by atoms with E-state index in [0.717, 1.165) is 11.1 Å². The summed E-state index contributed by atoms with van der Waals surface area (Å²) >= 11 is 5.97. The van der Waals surface area contributed by atoms with E-state index in [1.165, 1.54) is 13.3 Å². The topological polar surface area (TPSA) is 101 Å². The fraction of sp³-hybridized carbons (Fsp3) is 0.250. The first-order chi connectivity index (χ1) is 15.5. The first kappa shape index (κ1) is 23.7. The Balaban J connectivity index is 1.52. The molecule has 1 aromatic heterocycles. The molecule has 0 radical (unpaired) electrons. The number of carbonyl (C=O) groups excluding carboxylic acids is 1. The number of ether oxygens (including phenoxy) is 2. The van der Waals surface area contributed by atoms with Gasteiger partial charge in [0.25, 0.3) is 0 Å². The van der Waals surface area contributed by atoms with E-state index in [1.807, 2.05) is 18.2 Å². The molecule has 0 bridgehead atoms. The first-order valence-corrected chi connectivity index (χ1v) is 10.4. The minimum atomic E-state index is -0.725. The minimum Gasteiger partial charge on any atom is -0.465 e. The number of nitrogens with one attached hydrogen (secondary N) is 1. The highest BCUT2D eigenvalue weighted by Crippen LogP contribution is 2.21. The van der Waals surface area contributed by atoms with Crippen LogP contribution in [0.15, 0.2) is 66.9 Å². The molecule has 0 saturated heterocycles. The number of esters is 1. The molecule has 0 unspecified atom stereocenters. The van der Waals surface area contributed by atoms with Crippen LogP contribution in [0.5, 0.6) is 11.6 Å². The van der Waals surface area contributed by atoms with Crippen LogP contribution < -0.4 is 10.1 Å². The van der Waals surface area contributed by atoms with E-state index in [-0.39, 0.29) is 12.6 Å². The van der Waals surface area contributed by atoms with Gasteiger partial charge in [-0.15, -0.1) is 0 Å². The monoisotopic (exact) mass is 456 g/mol. The van der Waals surface area contributed by atoms with Crippen molar-refractivity contribution in [1.82, 2.24) is 10.3 Å². The van der Waals surface area contributed by atoms with Crippen LogP contribution in [0, 0.1) is 0 Å². The number of methoxy groups -OCH3 is 1. The molecule has 2 aromatic carbocycles. The van der Waals surface area contributed by atoms with Gasteiger partial charge in [0.2, 0.25) is 5.88 Å². The van der Waals surface area contributed by atoms with Crippen LogP contribution in [0.25, 0.3) is 0 Å². The van der Waals surface area contributed by atoms with Crippen molar-refractivity contribution in [3.63, 3.8) is 0 Å². The van der Waals surface area contributed by atoms with Crippen molar-refractivity contribution in [2.24, 2.45) is 0 Å². The van der Waals surface area contributed by atoms with Crippen molar-refractivity contribution in [2.45, 2.75) is 18.6 Å². The molecule has 2 atom stereocenters. The molecule has 32 heavy (non-hydrogen) atoms. The molecular formula is C24H25ClN2O5. The summed E-state index contributed by atoms with van der Waals surface area (Å²) in [7, 11) is 1.31. The average Bonchev–Trinajstić information content (AvgIpc) is 2.82. The number of halogens is 1. The van der Waals surface area contributed by atoms with Gasteiger partial charge in [0, 0.05) is 29.9 Å². The molecule has 1 heterocycles. The van der Waals surface area contributed by atoms with Crippen LogP contribution in [0.4, 0.5) is 0 Å². The van der Waals surface area contributed by atoms with Crippen molar-refractivity contribution < 1.29 is 24.5 Å². The molecule has 168 valence electrons. The number of hydrogen-bond donors (Lipinski definition) is 3. The maximum Gasteiger partial charge on any atom is 0.339 e. The lowest BCUT2D eigenvalue weighted by atomic mass is 10.1. The highest BCUT2D eigenvalue weighted by atomic mass is 35.5. The molecule has 0 spiro atoms. The Bertz CT molecular complexity index is 1010. The van der Waals surface area contributed by atoms with Gasteiger partial charge in [0.15, 0.2) is 0 Å². The number of aromatic nitrogens is 1. The highest BCUT2D eigenvalue weighted by Gasteiger charge is 2.13. The fourth-order valence-electron chi connectivity index (χ4n) is 3.09. The minimum absolute atomic E-state index is 0.0724. The second-order valence-electron chi connectivity index (χ2n) is 7.19. The molecule has 0 aliphatic carbocycles. The Labute approximate surface area is 191 Å². The summed E-state index contributed by atoms with van der Waals surface area (Å²) in [6.45, 7) is 0.219. The van der Waals surface area contributed by atoms with Crippen LogP contribution in [0.1, 0.15) is 27.6 Å². The van der Waals surface area contributed by atoms with E-state index < -0.39 is 12.1 Å². The molecule has 7 nitrogen and oxygen atoms in total. The van der Waals surface area contributed by atoms with Gasteiger partial charge in [0.1, 0.15) is 5.75 Å². The van der Waals surface area contributed by atoms with Gasteiger partial charge in [0.05, 0.1) is 25.4 Å². The molecule has 0 amide bonds. The number of aliphatic hydroxyl groups is 2. The molecule has 8 heteroatoms. The summed E-state index contributed by atoms with van der Waals surface area (Å²) in [5, 5.41) is 23.8. The van der Waals surface area contributed by atoms with E-state index in [0.29, 0.717) is 35.2 Å². The quantitative estimate of drug-likeness (QED) is 0.401. The van der Waals surface area contributed by atoms with Crippen molar-refractivity contribution in [1.29, 1.82) is 0 Å². The van der Waals surface area contributed by atoms with Crippen molar-refractivity contribution >= 4 is 17.6 Å². The summed E-state index contributed by atoms with van der Waals surface area (Å²) in [6, 6.07) is 17.4. The lowest BCUT2D eigenvalue weighted by molar-refractivity contribution is 0.0600. The van der Waals surface area contributed by atoms with E-state index in [4.69, 9.17) is 16.3 Å². The molecule has 3 rings (SSSR count). The molecule has 3 N–H and O–H groups in total. The molecule has 0 aliphatic heterocycles. The lowest BCUT2D eigenvalue weighted by Crippen LogP contribution is -2.37. The highest BCUT2D eigenvalue weighted by molar-refractivity contribution is 6.30. The third kappa shape index (κ3) is 6.77. The van der Waals surface area contributed by atoms with Crippen LogP contribution >= 0.6 is 11.6 Å². The van der Waals surface area contributed by atoms with Crippen LogP contribution in [-0.4, -0.2) is 47.5 Å². The molecular weight excluding hydrogens is 432 g/mol. The molecule has 3 aromatic rings. The number of nitrogens with zero attached hydrogens (tertiary/aromatic N) is 1. The Morgan fingerprint density at radius 1 is 1.16 bits per heavy atom. The smallest absolute Gasteiger partial charge is 0.339 e. The van der Waals surface area contributed by atoms with E-state index >= 15 is 0 Å². The molecule has 0 fully saturated rings. The fourth-order valence-corrected chi connectivity index (χ4v) is 3.29. The second kappa shape index (κ2) is 11.6. The van der Waals surface area contributed by atoms with Gasteiger partial charge in [-0.1, -0.05) is 35.9 Å². The Kier molecular flexibility index (Phi) is 8.58. The number of hydrogen-bond acceptors (Lipinski definition) is 7. The lowest BCUT2D eigenvalue weighted by Gasteiger charge is -2.19. The number of pyridine rings is 1. The van der Waals surface area contributed by atoms with Crippen molar-refractivity contribution in [3.05, 3.63) is 88.6 Å². The van der Waals surface area contributed by atoms with Gasteiger partial charge in [-0.25, -0.2) is 9.78 Å². The summed E-state index contributed by atoms with van der Waals surface area (Å²) in [5.41, 5.74) is 2.06. The summed E-state index contributed by atoms with van der Waals surface area (Å²) in [5.74, 6) is 0.493. The Morgan fingerprint density at radius 3 is 2.56 bits per heavy atom. The Morgan fingerprint density at radius 2 is 1.94 bits per heavy atom. The number of rotatable bonds is 10. The van der Waals surface area contributed by atoms with Gasteiger partial charge in [-0.2, -0.15) is 0 Å². The zero-order valence-corrected chi connectivity index (χ0v) is 18.3. The predicted octanol–water partition coefficient (Wildman–Crippen LogP) is 3.54. The van der Waals surface area contributed by atoms with Crippen LogP contribution in [-0.2, 0) is 11.2 Å². The largest absolute Gasteiger partial charge is 0.465 e. The standard InChI is InChI=1S/C24H25ClN2O5/c1-31-24(30)18-7-10-23(27-13-18)32-21-8-5-16(6-9-21)11-20(15-28)26-14-22(29)17-3-2-4-19(25)12-17/h2-10,12-13,20,22,26,28-29H,11,14-15H2,1H3/t20-,22+/m0/s1. The van der Waals surface area contributed by atoms with Gasteiger partial charge >= 0.3 is 5.97 Å². The zero-order valence-electron chi connectivity index (χ0n) is 17.6. The number of benzene rings is 2. The second-order valence-corrected chi connectivity index (χ2v) is 7.62. The van der Waals surface area contributed by atoms with E-state index in [9.17, 15) is 15.0 Å². The normalized spacial score (nSPS) is 12.8. The van der Waals surface area contributed by atoms with E-state index in [1.54, 1.807) is 42.5 Å². The third-order valence-electron chi connectivity index (χ3n) is 4.84. The number of carbonyl (C=O) groups is 1. The Hall–Kier alpha value is -2.97. The van der Waals surface area contributed by atoms with Gasteiger partial charge in [-0.3, -0.25) is 0 Å². The molecule has 0 aliphatic rings. The first-order valence-electron chi connectivity index (χ1n) is 10.1. The summed E-state index contributed by atoms with van der Waals surface area (Å²) in [6.07, 6.45) is 1.24. The van der Waals surface area contributed by atoms with E-state index in [2.05, 4.69) is 15.0 Å². The SMILES string of the molecule is COC(=O)c1ccc(Oc2ccc(C[C@@H](CO)NC[C@@H](O)c3cccc(Cl)c3)cc2)nc1. The average molecular weight is 457 g/mol. The third-order valence-corrected chi connectivity index (χ3v) is 5.07. The van der Waals surface area contributed by atoms with Crippen LogP contribution in [0.2, 0.25) is 5.02 Å². The zero-order chi connectivity index (χ0) is 22.9. The van der Waals surface area contributed by atoms with Gasteiger partial charge in [-0.05, 0) is 47.9 Å². The van der Waals surface area contributed by atoms with Crippen LogP contribution in [0.3, 0.4) is 0 Å². The maximum atomic E-state index is 11.5.